The number of carbonyl (C=O) groups excluding carboxylic acids is 2. The van der Waals surface area contributed by atoms with Crippen LogP contribution >= 0.6 is 15.9 Å². The van der Waals surface area contributed by atoms with Crippen molar-refractivity contribution >= 4 is 49.6 Å². The van der Waals surface area contributed by atoms with Crippen LogP contribution in [0.5, 0.6) is 0 Å². The minimum atomic E-state index is -4.20. The molecule has 0 bridgehead atoms. The molecule has 3 rings (SSSR count). The van der Waals surface area contributed by atoms with Crippen LogP contribution in [-0.4, -0.2) is 37.1 Å². The average Bonchev–Trinajstić information content (AvgIpc) is 2.88. The zero-order valence-electron chi connectivity index (χ0n) is 22.7. The summed E-state index contributed by atoms with van der Waals surface area (Å²) in [5, 5.41) is 4.91. The van der Waals surface area contributed by atoms with Gasteiger partial charge < -0.3 is 10.6 Å². The van der Waals surface area contributed by atoms with Crippen molar-refractivity contribution in [2.24, 2.45) is 5.41 Å². The number of rotatable bonds is 10. The zero-order chi connectivity index (χ0) is 30.4. The minimum Gasteiger partial charge on any atom is -0.351 e. The second kappa shape index (κ2) is 13.5. The van der Waals surface area contributed by atoms with Crippen molar-refractivity contribution in [3.8, 4) is 0 Å². The highest BCUT2D eigenvalue weighted by Crippen LogP contribution is 2.28. The molecular formula is C30H31BrF2N2O5S. The fraction of sp³-hybridized carbons (Fsp3) is 0.267. The molecule has 3 aromatic rings. The molecule has 7 nitrogen and oxygen atoms in total. The third-order valence-corrected chi connectivity index (χ3v) is 7.33. The van der Waals surface area contributed by atoms with Crippen molar-refractivity contribution in [2.75, 3.05) is 17.6 Å². The number of carbonyl (C=O) groups is 2. The summed E-state index contributed by atoms with van der Waals surface area (Å²) < 4.78 is 59.0. The van der Waals surface area contributed by atoms with Gasteiger partial charge in [0.15, 0.2) is 0 Å². The molecule has 0 aliphatic carbocycles. The van der Waals surface area contributed by atoms with Crippen LogP contribution in [0, 0.1) is 17.0 Å². The summed E-state index contributed by atoms with van der Waals surface area (Å²) in [6, 6.07) is 15.6. The normalized spacial score (nSPS) is 12.8. The molecule has 0 heterocycles. The number of hydrogen-bond acceptors (Lipinski definition) is 4. The highest BCUT2D eigenvalue weighted by molar-refractivity contribution is 9.10. The molecule has 0 radical (unpaired) electrons. The number of benzene rings is 3. The number of nitrogens with one attached hydrogen (secondary N) is 2. The molecule has 11 heteroatoms. The molecule has 0 saturated heterocycles. The van der Waals surface area contributed by atoms with E-state index in [9.17, 15) is 26.8 Å². The molecule has 0 aliphatic heterocycles. The van der Waals surface area contributed by atoms with Gasteiger partial charge in [-0.3, -0.25) is 14.1 Å². The van der Waals surface area contributed by atoms with E-state index in [2.05, 4.69) is 53.4 Å². The topological polar surface area (TPSA) is 113 Å². The Hall–Kier alpha value is -3.41. The van der Waals surface area contributed by atoms with E-state index in [-0.39, 0.29) is 34.1 Å². The van der Waals surface area contributed by atoms with Crippen LogP contribution in [0.2, 0.25) is 0 Å². The summed E-state index contributed by atoms with van der Waals surface area (Å²) in [4.78, 5) is 25.7. The largest absolute Gasteiger partial charge is 0.351 e. The molecule has 0 aliphatic rings. The molecule has 218 valence electrons. The van der Waals surface area contributed by atoms with Gasteiger partial charge >= 0.3 is 0 Å². The summed E-state index contributed by atoms with van der Waals surface area (Å²) in [7, 11) is -4.20. The summed E-state index contributed by atoms with van der Waals surface area (Å²) in [6.45, 7) is 5.99. The molecule has 0 spiro atoms. The Labute approximate surface area is 246 Å². The van der Waals surface area contributed by atoms with Crippen LogP contribution in [0.15, 0.2) is 71.2 Å². The monoisotopic (exact) mass is 648 g/mol. The third kappa shape index (κ3) is 10.2. The van der Waals surface area contributed by atoms with Gasteiger partial charge in [0, 0.05) is 18.2 Å². The smallest absolute Gasteiger partial charge is 0.266 e. The van der Waals surface area contributed by atoms with Crippen molar-refractivity contribution in [2.45, 2.75) is 33.1 Å². The van der Waals surface area contributed by atoms with Gasteiger partial charge in [-0.2, -0.15) is 8.42 Å². The quantitative estimate of drug-likeness (QED) is 0.175. The van der Waals surface area contributed by atoms with Gasteiger partial charge in [0.25, 0.3) is 16.0 Å². The van der Waals surface area contributed by atoms with E-state index in [4.69, 9.17) is 4.55 Å². The first kappa shape index (κ1) is 32.1. The first-order valence-corrected chi connectivity index (χ1v) is 15.1. The van der Waals surface area contributed by atoms with E-state index in [1.807, 2.05) is 30.3 Å². The van der Waals surface area contributed by atoms with Crippen LogP contribution in [-0.2, 0) is 21.3 Å². The summed E-state index contributed by atoms with van der Waals surface area (Å²) in [6.07, 6.45) is 4.24. The maximum absolute atomic E-state index is 14.5. The molecular weight excluding hydrogens is 618 g/mol. The Kier molecular flexibility index (Phi) is 10.6. The third-order valence-electron chi connectivity index (χ3n) is 6.00. The van der Waals surface area contributed by atoms with Gasteiger partial charge in [-0.05, 0) is 62.7 Å². The lowest BCUT2D eigenvalue weighted by atomic mass is 9.89. The Morgan fingerprint density at radius 3 is 2.22 bits per heavy atom. The first-order chi connectivity index (χ1) is 19.1. The van der Waals surface area contributed by atoms with E-state index in [1.54, 1.807) is 12.1 Å². The lowest BCUT2D eigenvalue weighted by Gasteiger charge is -2.19. The number of halogens is 3. The highest BCUT2D eigenvalue weighted by Gasteiger charge is 2.23. The summed E-state index contributed by atoms with van der Waals surface area (Å²) in [5.41, 5.74) is 2.24. The number of allylic oxidation sites excluding steroid dienone is 1. The van der Waals surface area contributed by atoms with Crippen molar-refractivity contribution in [3.05, 3.63) is 105 Å². The van der Waals surface area contributed by atoms with Crippen LogP contribution in [0.4, 0.5) is 14.5 Å². The Balaban J connectivity index is 1.84. The van der Waals surface area contributed by atoms with Gasteiger partial charge in [-0.15, -0.1) is 0 Å². The second-order valence-electron chi connectivity index (χ2n) is 10.6. The maximum atomic E-state index is 14.5. The van der Waals surface area contributed by atoms with Gasteiger partial charge in [-0.1, -0.05) is 69.3 Å². The summed E-state index contributed by atoms with van der Waals surface area (Å²) >= 11 is 2.93. The van der Waals surface area contributed by atoms with Gasteiger partial charge in [0.2, 0.25) is 5.91 Å². The predicted molar refractivity (Wildman–Crippen MR) is 159 cm³/mol. The number of hydrogen-bond donors (Lipinski definition) is 3. The lowest BCUT2D eigenvalue weighted by Crippen LogP contribution is -2.28. The van der Waals surface area contributed by atoms with E-state index >= 15 is 0 Å². The fourth-order valence-corrected chi connectivity index (χ4v) is 4.48. The average molecular weight is 650 g/mol. The SMILES string of the molecule is CC(C)(C)C=Cc1ccc(C(Cc2ccc(C(=O)NCCS(=O)(=O)O)cc2)C(=O)Nc2cc(F)c(Br)cc2F)cc1. The van der Waals surface area contributed by atoms with Crippen LogP contribution in [0.25, 0.3) is 6.08 Å². The molecule has 2 amide bonds. The molecule has 3 aromatic carbocycles. The Morgan fingerprint density at radius 2 is 1.63 bits per heavy atom. The van der Waals surface area contributed by atoms with E-state index in [0.29, 0.717) is 11.1 Å². The minimum absolute atomic E-state index is 0.00921. The van der Waals surface area contributed by atoms with E-state index in [1.165, 1.54) is 12.1 Å². The van der Waals surface area contributed by atoms with Crippen molar-refractivity contribution < 1.29 is 31.3 Å². The standard InChI is InChI=1S/C30H31BrF2N2O5S/c1-30(2,3)13-12-19-4-8-21(9-5-19)23(29(37)35-27-18-25(32)24(31)17-26(27)33)16-20-6-10-22(11-7-20)28(36)34-14-15-41(38,39)40/h4-13,17-18,23H,14-16H2,1-3H3,(H,34,36)(H,35,37)(H,38,39,40). The molecule has 0 fully saturated rings. The Morgan fingerprint density at radius 1 is 1.00 bits per heavy atom. The second-order valence-corrected chi connectivity index (χ2v) is 13.0. The van der Waals surface area contributed by atoms with Crippen molar-refractivity contribution in [1.29, 1.82) is 0 Å². The fourth-order valence-electron chi connectivity index (χ4n) is 3.81. The van der Waals surface area contributed by atoms with E-state index in [0.717, 1.165) is 17.7 Å². The molecule has 41 heavy (non-hydrogen) atoms. The van der Waals surface area contributed by atoms with Crippen molar-refractivity contribution in [1.82, 2.24) is 5.32 Å². The first-order valence-electron chi connectivity index (χ1n) is 12.7. The zero-order valence-corrected chi connectivity index (χ0v) is 25.2. The van der Waals surface area contributed by atoms with E-state index < -0.39 is 45.2 Å². The highest BCUT2D eigenvalue weighted by atomic mass is 79.9. The van der Waals surface area contributed by atoms with Crippen LogP contribution in [0.3, 0.4) is 0 Å². The Bertz CT molecular complexity index is 1530. The van der Waals surface area contributed by atoms with Crippen LogP contribution < -0.4 is 10.6 Å². The van der Waals surface area contributed by atoms with Crippen LogP contribution in [0.1, 0.15) is 53.7 Å². The molecule has 1 atom stereocenters. The van der Waals surface area contributed by atoms with Gasteiger partial charge in [0.05, 0.1) is 21.8 Å². The molecule has 0 aromatic heterocycles. The van der Waals surface area contributed by atoms with Gasteiger partial charge in [0.1, 0.15) is 11.6 Å². The molecule has 0 saturated carbocycles. The maximum Gasteiger partial charge on any atom is 0.266 e. The summed E-state index contributed by atoms with van der Waals surface area (Å²) in [5.74, 6) is -3.98. The lowest BCUT2D eigenvalue weighted by molar-refractivity contribution is -0.117. The molecule has 3 N–H and O–H groups in total. The van der Waals surface area contributed by atoms with Crippen molar-refractivity contribution in [3.63, 3.8) is 0 Å². The number of amides is 2. The predicted octanol–water partition coefficient (Wildman–Crippen LogP) is 6.37. The molecule has 1 unspecified atom stereocenters. The van der Waals surface area contributed by atoms with Gasteiger partial charge in [-0.25, -0.2) is 8.78 Å². The number of anilines is 1.